The number of rotatable bonds is 7. The number of ketones is 4. The molecule has 1 amide bonds. The molecule has 8 nitrogen and oxygen atoms in total. The highest BCUT2D eigenvalue weighted by atomic mass is 16.7. The lowest BCUT2D eigenvalue weighted by molar-refractivity contribution is -0.209. The summed E-state index contributed by atoms with van der Waals surface area (Å²) in [6.45, 7) is 4.41. The molecule has 0 rings (SSSR count). The van der Waals surface area contributed by atoms with Crippen LogP contribution in [0.15, 0.2) is 0 Å². The average molecular weight is 287 g/mol. The highest BCUT2D eigenvalue weighted by molar-refractivity contribution is 6.23. The SMILES string of the molecule is CC(=O)NOC(C(C)=O)(C(C)=O)C(O)(C(C)=O)C(C)=O. The normalized spacial score (nSPS) is 11.7. The van der Waals surface area contributed by atoms with E-state index in [9.17, 15) is 29.1 Å². The van der Waals surface area contributed by atoms with Crippen LogP contribution in [0.5, 0.6) is 0 Å². The average Bonchev–Trinajstić information content (AvgIpc) is 2.27. The summed E-state index contributed by atoms with van der Waals surface area (Å²) in [7, 11) is 0. The topological polar surface area (TPSA) is 127 Å². The minimum absolute atomic E-state index is 0.786. The van der Waals surface area contributed by atoms with Gasteiger partial charge in [0.25, 0.3) is 5.60 Å². The molecule has 0 spiro atoms. The molecule has 0 aromatic rings. The second-order valence-corrected chi connectivity index (χ2v) is 4.38. The second kappa shape index (κ2) is 6.02. The first-order valence-corrected chi connectivity index (χ1v) is 5.65. The first kappa shape index (κ1) is 18.1. The molecule has 0 fully saturated rings. The Hall–Kier alpha value is -1.93. The van der Waals surface area contributed by atoms with Gasteiger partial charge in [-0.15, -0.1) is 0 Å². The van der Waals surface area contributed by atoms with Gasteiger partial charge in [-0.1, -0.05) is 0 Å². The van der Waals surface area contributed by atoms with Crippen LogP contribution in [0.2, 0.25) is 0 Å². The van der Waals surface area contributed by atoms with Crippen LogP contribution >= 0.6 is 0 Å². The van der Waals surface area contributed by atoms with Gasteiger partial charge in [0.15, 0.2) is 23.1 Å². The first-order valence-electron chi connectivity index (χ1n) is 5.65. The molecular weight excluding hydrogens is 270 g/mol. The zero-order chi connectivity index (χ0) is 16.3. The highest BCUT2D eigenvalue weighted by Crippen LogP contribution is 2.30. The fourth-order valence-electron chi connectivity index (χ4n) is 1.87. The number of hydroxylamine groups is 1. The van der Waals surface area contributed by atoms with Gasteiger partial charge in [0.1, 0.15) is 0 Å². The maximum atomic E-state index is 11.8. The molecule has 0 aliphatic rings. The molecule has 0 saturated carbocycles. The molecule has 0 aromatic heterocycles. The number of hydrogen-bond donors (Lipinski definition) is 2. The van der Waals surface area contributed by atoms with Crippen LogP contribution in [-0.4, -0.2) is 45.3 Å². The molecule has 0 aliphatic carbocycles. The molecule has 0 aliphatic heterocycles. The van der Waals surface area contributed by atoms with E-state index in [1.807, 2.05) is 0 Å². The summed E-state index contributed by atoms with van der Waals surface area (Å²) >= 11 is 0. The lowest BCUT2D eigenvalue weighted by Gasteiger charge is -2.39. The van der Waals surface area contributed by atoms with Gasteiger partial charge in [0, 0.05) is 6.92 Å². The Balaban J connectivity index is 6.28. The van der Waals surface area contributed by atoms with E-state index in [0.717, 1.165) is 34.6 Å². The lowest BCUT2D eigenvalue weighted by Crippen LogP contribution is -2.72. The number of aliphatic hydroxyl groups is 1. The highest BCUT2D eigenvalue weighted by Gasteiger charge is 2.66. The van der Waals surface area contributed by atoms with Crippen LogP contribution in [0.3, 0.4) is 0 Å². The van der Waals surface area contributed by atoms with Crippen LogP contribution in [0.25, 0.3) is 0 Å². The van der Waals surface area contributed by atoms with E-state index in [1.165, 1.54) is 0 Å². The Labute approximate surface area is 115 Å². The van der Waals surface area contributed by atoms with Crippen molar-refractivity contribution in [3.8, 4) is 0 Å². The van der Waals surface area contributed by atoms with Crippen molar-refractivity contribution in [2.75, 3.05) is 0 Å². The van der Waals surface area contributed by atoms with E-state index < -0.39 is 40.2 Å². The molecule has 0 saturated heterocycles. The number of nitrogens with one attached hydrogen (secondary N) is 1. The third-order valence-corrected chi connectivity index (χ3v) is 2.87. The van der Waals surface area contributed by atoms with Crippen LogP contribution in [0, 0.1) is 0 Å². The van der Waals surface area contributed by atoms with E-state index in [1.54, 1.807) is 5.48 Å². The van der Waals surface area contributed by atoms with Gasteiger partial charge in [-0.25, -0.2) is 10.3 Å². The molecule has 0 heterocycles. The largest absolute Gasteiger partial charge is 0.372 e. The molecule has 2 N–H and O–H groups in total. The Bertz CT molecular complexity index is 452. The van der Waals surface area contributed by atoms with Gasteiger partial charge in [0.2, 0.25) is 11.5 Å². The van der Waals surface area contributed by atoms with E-state index in [4.69, 9.17) is 4.84 Å². The van der Waals surface area contributed by atoms with Crippen molar-refractivity contribution < 1.29 is 33.9 Å². The van der Waals surface area contributed by atoms with E-state index in [-0.39, 0.29) is 0 Å². The van der Waals surface area contributed by atoms with Crippen molar-refractivity contribution in [2.45, 2.75) is 45.8 Å². The molecule has 0 bridgehead atoms. The van der Waals surface area contributed by atoms with Gasteiger partial charge in [-0.2, -0.15) is 0 Å². The molecule has 112 valence electrons. The van der Waals surface area contributed by atoms with E-state index >= 15 is 0 Å². The van der Waals surface area contributed by atoms with Crippen molar-refractivity contribution in [1.82, 2.24) is 5.48 Å². The summed E-state index contributed by atoms with van der Waals surface area (Å²) in [5, 5.41) is 10.3. The van der Waals surface area contributed by atoms with Crippen LogP contribution in [0.4, 0.5) is 0 Å². The predicted molar refractivity (Wildman–Crippen MR) is 65.3 cm³/mol. The molecule has 0 atom stereocenters. The summed E-state index contributed by atoms with van der Waals surface area (Å²) in [4.78, 5) is 62.5. The van der Waals surface area contributed by atoms with Crippen molar-refractivity contribution >= 4 is 29.0 Å². The standard InChI is InChI=1S/C12H17NO7/c1-6(14)11(19,7(2)15)12(8(3)16,9(4)17)20-13-10(5)18/h19H,1-5H3,(H,13,18). The van der Waals surface area contributed by atoms with Crippen LogP contribution in [-0.2, 0) is 28.8 Å². The Morgan fingerprint density at radius 2 is 1.15 bits per heavy atom. The number of amides is 1. The van der Waals surface area contributed by atoms with E-state index in [0.29, 0.717) is 0 Å². The van der Waals surface area contributed by atoms with Gasteiger partial charge in [-0.3, -0.25) is 24.0 Å². The Morgan fingerprint density at radius 1 is 0.800 bits per heavy atom. The van der Waals surface area contributed by atoms with Crippen molar-refractivity contribution in [1.29, 1.82) is 0 Å². The lowest BCUT2D eigenvalue weighted by atomic mass is 9.72. The van der Waals surface area contributed by atoms with Crippen molar-refractivity contribution in [3.05, 3.63) is 0 Å². The molecule has 0 radical (unpaired) electrons. The van der Waals surface area contributed by atoms with Gasteiger partial charge < -0.3 is 5.11 Å². The van der Waals surface area contributed by atoms with Gasteiger partial charge in [-0.05, 0) is 27.7 Å². The number of hydrogen-bond acceptors (Lipinski definition) is 7. The molecule has 8 heteroatoms. The maximum Gasteiger partial charge on any atom is 0.253 e. The molecule has 20 heavy (non-hydrogen) atoms. The fraction of sp³-hybridized carbons (Fsp3) is 0.583. The molecular formula is C12H17NO7. The summed E-state index contributed by atoms with van der Waals surface area (Å²) < 4.78 is 0. The zero-order valence-corrected chi connectivity index (χ0v) is 11.9. The third-order valence-electron chi connectivity index (χ3n) is 2.87. The Kier molecular flexibility index (Phi) is 5.44. The number of carbonyl (C=O) groups is 5. The fourth-order valence-corrected chi connectivity index (χ4v) is 1.87. The number of Topliss-reactive ketones (excluding diaryl/α,β-unsaturated/α-hetero) is 4. The summed E-state index contributed by atoms with van der Waals surface area (Å²) in [6.07, 6.45) is 0. The third kappa shape index (κ3) is 2.66. The maximum absolute atomic E-state index is 11.8. The monoisotopic (exact) mass is 287 g/mol. The van der Waals surface area contributed by atoms with Crippen LogP contribution in [0.1, 0.15) is 34.6 Å². The van der Waals surface area contributed by atoms with Crippen LogP contribution < -0.4 is 5.48 Å². The second-order valence-electron chi connectivity index (χ2n) is 4.38. The van der Waals surface area contributed by atoms with E-state index in [2.05, 4.69) is 0 Å². The quantitative estimate of drug-likeness (QED) is 0.448. The number of carbonyl (C=O) groups excluding carboxylic acids is 5. The first-order chi connectivity index (χ1) is 8.94. The Morgan fingerprint density at radius 3 is 1.35 bits per heavy atom. The molecule has 0 aromatic carbocycles. The zero-order valence-electron chi connectivity index (χ0n) is 11.9. The van der Waals surface area contributed by atoms with Crippen molar-refractivity contribution in [3.63, 3.8) is 0 Å². The van der Waals surface area contributed by atoms with Gasteiger partial charge >= 0.3 is 0 Å². The minimum Gasteiger partial charge on any atom is -0.372 e. The smallest absolute Gasteiger partial charge is 0.253 e. The summed E-state index contributed by atoms with van der Waals surface area (Å²) in [5.74, 6) is -5.27. The van der Waals surface area contributed by atoms with Gasteiger partial charge in [0.05, 0.1) is 0 Å². The molecule has 0 unspecified atom stereocenters. The predicted octanol–water partition coefficient (Wildman–Crippen LogP) is -1.12. The summed E-state index contributed by atoms with van der Waals surface area (Å²) in [5.41, 5.74) is -4.12. The van der Waals surface area contributed by atoms with Crippen molar-refractivity contribution in [2.24, 2.45) is 0 Å². The summed E-state index contributed by atoms with van der Waals surface area (Å²) in [6, 6.07) is 0. The minimum atomic E-state index is -3.02.